The van der Waals surface area contributed by atoms with E-state index in [1.54, 1.807) is 6.92 Å². The molecule has 1 amide bonds. The average Bonchev–Trinajstić information content (AvgIpc) is 2.23. The third kappa shape index (κ3) is 2.88. The molecule has 0 aliphatic heterocycles. The van der Waals surface area contributed by atoms with Crippen molar-refractivity contribution < 1.29 is 9.18 Å². The van der Waals surface area contributed by atoms with E-state index in [2.05, 4.69) is 17.2 Å². The highest BCUT2D eigenvalue weighted by Gasteiger charge is 2.13. The van der Waals surface area contributed by atoms with Gasteiger partial charge in [-0.1, -0.05) is 17.5 Å². The fraction of sp³-hybridized carbons (Fsp3) is 0.182. The van der Waals surface area contributed by atoms with Gasteiger partial charge in [-0.05, 0) is 19.1 Å². The van der Waals surface area contributed by atoms with E-state index in [1.165, 1.54) is 6.07 Å². The summed E-state index contributed by atoms with van der Waals surface area (Å²) in [5, 5.41) is 2.60. The number of carbonyl (C=O) groups excluding carboxylic acids is 1. The van der Waals surface area contributed by atoms with E-state index >= 15 is 0 Å². The largest absolute Gasteiger partial charge is 0.396 e. The van der Waals surface area contributed by atoms with Crippen LogP contribution in [0.4, 0.5) is 10.1 Å². The van der Waals surface area contributed by atoms with Crippen LogP contribution >= 0.6 is 11.6 Å². The zero-order valence-electron chi connectivity index (χ0n) is 8.60. The van der Waals surface area contributed by atoms with Crippen LogP contribution in [0, 0.1) is 17.7 Å². The van der Waals surface area contributed by atoms with Crippen molar-refractivity contribution in [1.29, 1.82) is 0 Å². The fourth-order valence-electron chi connectivity index (χ4n) is 1.08. The average molecular weight is 241 g/mol. The van der Waals surface area contributed by atoms with Gasteiger partial charge in [0.05, 0.1) is 17.8 Å². The topological polar surface area (TPSA) is 55.1 Å². The van der Waals surface area contributed by atoms with E-state index in [0.717, 1.165) is 6.07 Å². The molecule has 1 rings (SSSR count). The van der Waals surface area contributed by atoms with Crippen LogP contribution in [-0.2, 0) is 0 Å². The summed E-state index contributed by atoms with van der Waals surface area (Å²) in [5.41, 5.74) is 5.23. The van der Waals surface area contributed by atoms with Crippen molar-refractivity contribution in [2.75, 3.05) is 12.3 Å². The van der Waals surface area contributed by atoms with Crippen LogP contribution in [0.5, 0.6) is 0 Å². The van der Waals surface area contributed by atoms with Gasteiger partial charge in [-0.3, -0.25) is 4.79 Å². The van der Waals surface area contributed by atoms with E-state index in [-0.39, 0.29) is 22.8 Å². The summed E-state index contributed by atoms with van der Waals surface area (Å²) in [6.45, 7) is 1.84. The number of benzene rings is 1. The molecular weight excluding hydrogens is 231 g/mol. The zero-order valence-corrected chi connectivity index (χ0v) is 9.36. The summed E-state index contributed by atoms with van der Waals surface area (Å²) in [6, 6.07) is 2.37. The number of rotatable bonds is 2. The number of hydrogen-bond acceptors (Lipinski definition) is 2. The maximum absolute atomic E-state index is 13.2. The monoisotopic (exact) mass is 240 g/mol. The summed E-state index contributed by atoms with van der Waals surface area (Å²) in [5.74, 6) is 4.06. The maximum Gasteiger partial charge on any atom is 0.254 e. The molecule has 16 heavy (non-hydrogen) atoms. The van der Waals surface area contributed by atoms with E-state index in [9.17, 15) is 9.18 Å². The van der Waals surface area contributed by atoms with E-state index in [0.29, 0.717) is 0 Å². The normalized spacial score (nSPS) is 9.19. The first-order valence-corrected chi connectivity index (χ1v) is 4.86. The standard InChI is InChI=1S/C11H10ClFN2O/c1-2-3-4-15-11(16)8-5-7(12)6-9(13)10(8)14/h5-6H,4,14H2,1H3,(H,15,16). The number of halogens is 2. The highest BCUT2D eigenvalue weighted by Crippen LogP contribution is 2.21. The second-order valence-corrected chi connectivity index (χ2v) is 3.39. The first-order valence-electron chi connectivity index (χ1n) is 4.48. The Kier molecular flexibility index (Phi) is 4.15. The summed E-state index contributed by atoms with van der Waals surface area (Å²) in [7, 11) is 0. The number of nitrogens with two attached hydrogens (primary N) is 1. The predicted octanol–water partition coefficient (Wildman–Crippen LogP) is 1.81. The van der Waals surface area contributed by atoms with Crippen LogP contribution in [-0.4, -0.2) is 12.5 Å². The number of amides is 1. The Hall–Kier alpha value is -1.73. The minimum absolute atomic E-state index is 0.0166. The van der Waals surface area contributed by atoms with Crippen molar-refractivity contribution >= 4 is 23.2 Å². The number of nitrogens with one attached hydrogen (secondary N) is 1. The van der Waals surface area contributed by atoms with Gasteiger partial charge in [0.2, 0.25) is 0 Å². The molecule has 0 aliphatic carbocycles. The van der Waals surface area contributed by atoms with Crippen molar-refractivity contribution in [1.82, 2.24) is 5.32 Å². The van der Waals surface area contributed by atoms with Gasteiger partial charge in [0.1, 0.15) is 5.82 Å². The smallest absolute Gasteiger partial charge is 0.254 e. The Labute approximate surface area is 97.8 Å². The molecule has 0 fully saturated rings. The summed E-state index contributed by atoms with van der Waals surface area (Å²) >= 11 is 5.62. The van der Waals surface area contributed by atoms with Crippen molar-refractivity contribution in [3.8, 4) is 11.8 Å². The third-order valence-electron chi connectivity index (χ3n) is 1.85. The Morgan fingerprint density at radius 3 is 2.94 bits per heavy atom. The Morgan fingerprint density at radius 2 is 2.31 bits per heavy atom. The Morgan fingerprint density at radius 1 is 1.62 bits per heavy atom. The second kappa shape index (κ2) is 5.38. The molecule has 0 saturated heterocycles. The Bertz CT molecular complexity index is 477. The molecule has 0 saturated carbocycles. The molecule has 0 heterocycles. The molecule has 0 bridgehead atoms. The van der Waals surface area contributed by atoms with Gasteiger partial charge in [-0.25, -0.2) is 4.39 Å². The Balaban J connectivity index is 2.93. The molecule has 0 radical (unpaired) electrons. The van der Waals surface area contributed by atoms with Crippen LogP contribution in [0.15, 0.2) is 12.1 Å². The molecule has 0 aromatic heterocycles. The lowest BCUT2D eigenvalue weighted by Gasteiger charge is -2.06. The molecule has 0 unspecified atom stereocenters. The first-order chi connectivity index (χ1) is 7.56. The first kappa shape index (κ1) is 12.3. The molecule has 1 aromatic rings. The predicted molar refractivity (Wildman–Crippen MR) is 61.6 cm³/mol. The van der Waals surface area contributed by atoms with Gasteiger partial charge in [-0.15, -0.1) is 5.92 Å². The van der Waals surface area contributed by atoms with Gasteiger partial charge in [0.15, 0.2) is 0 Å². The maximum atomic E-state index is 13.2. The van der Waals surface area contributed by atoms with Crippen molar-refractivity contribution in [3.63, 3.8) is 0 Å². The lowest BCUT2D eigenvalue weighted by atomic mass is 10.1. The quantitative estimate of drug-likeness (QED) is 0.612. The molecule has 0 spiro atoms. The van der Waals surface area contributed by atoms with Crippen LogP contribution in [0.1, 0.15) is 17.3 Å². The summed E-state index contributed by atoms with van der Waals surface area (Å²) < 4.78 is 13.2. The molecule has 5 heteroatoms. The molecule has 0 aliphatic rings. The molecule has 3 N–H and O–H groups in total. The molecule has 84 valence electrons. The SMILES string of the molecule is CC#CCNC(=O)c1cc(Cl)cc(F)c1N. The second-order valence-electron chi connectivity index (χ2n) is 2.96. The van der Waals surface area contributed by atoms with Crippen LogP contribution in [0.25, 0.3) is 0 Å². The number of carbonyl (C=O) groups is 1. The molecule has 0 atom stereocenters. The van der Waals surface area contributed by atoms with Gasteiger partial charge in [0.25, 0.3) is 5.91 Å². The lowest BCUT2D eigenvalue weighted by Crippen LogP contribution is -2.24. The summed E-state index contributed by atoms with van der Waals surface area (Å²) in [4.78, 5) is 11.6. The lowest BCUT2D eigenvalue weighted by molar-refractivity contribution is 0.0959. The number of anilines is 1. The van der Waals surface area contributed by atoms with Gasteiger partial charge >= 0.3 is 0 Å². The van der Waals surface area contributed by atoms with Gasteiger partial charge in [-0.2, -0.15) is 0 Å². The summed E-state index contributed by atoms with van der Waals surface area (Å²) in [6.07, 6.45) is 0. The minimum atomic E-state index is -0.709. The van der Waals surface area contributed by atoms with Crippen molar-refractivity contribution in [2.45, 2.75) is 6.92 Å². The molecular formula is C11H10ClFN2O. The fourth-order valence-corrected chi connectivity index (χ4v) is 1.29. The number of hydrogen-bond donors (Lipinski definition) is 2. The van der Waals surface area contributed by atoms with Crippen LogP contribution < -0.4 is 11.1 Å². The molecule has 1 aromatic carbocycles. The van der Waals surface area contributed by atoms with Crippen LogP contribution in [0.2, 0.25) is 5.02 Å². The van der Waals surface area contributed by atoms with E-state index in [4.69, 9.17) is 17.3 Å². The zero-order chi connectivity index (χ0) is 12.1. The van der Waals surface area contributed by atoms with Gasteiger partial charge < -0.3 is 11.1 Å². The highest BCUT2D eigenvalue weighted by molar-refractivity contribution is 6.31. The van der Waals surface area contributed by atoms with E-state index < -0.39 is 11.7 Å². The molecule has 3 nitrogen and oxygen atoms in total. The minimum Gasteiger partial charge on any atom is -0.396 e. The van der Waals surface area contributed by atoms with Crippen LogP contribution in [0.3, 0.4) is 0 Å². The van der Waals surface area contributed by atoms with Crippen molar-refractivity contribution in [3.05, 3.63) is 28.5 Å². The van der Waals surface area contributed by atoms with E-state index in [1.807, 2.05) is 0 Å². The highest BCUT2D eigenvalue weighted by atomic mass is 35.5. The van der Waals surface area contributed by atoms with Gasteiger partial charge in [0, 0.05) is 5.02 Å². The van der Waals surface area contributed by atoms with Crippen molar-refractivity contribution in [2.24, 2.45) is 0 Å². The number of nitrogen functional groups attached to an aromatic ring is 1. The third-order valence-corrected chi connectivity index (χ3v) is 2.07.